The largest absolute Gasteiger partial charge is 0.419 e. The van der Waals surface area contributed by atoms with E-state index in [1.54, 1.807) is 0 Å². The predicted molar refractivity (Wildman–Crippen MR) is 34.9 cm³/mol. The van der Waals surface area contributed by atoms with Gasteiger partial charge in [0.15, 0.2) is 0 Å². The predicted octanol–water partition coefficient (Wildman–Crippen LogP) is -0.867. The zero-order valence-corrected chi connectivity index (χ0v) is 5.41. The first-order chi connectivity index (χ1) is 4.70. The summed E-state index contributed by atoms with van der Waals surface area (Å²) in [7, 11) is 0. The van der Waals surface area contributed by atoms with Gasteiger partial charge in [-0.1, -0.05) is 6.58 Å². The van der Waals surface area contributed by atoms with E-state index in [0.717, 1.165) is 6.26 Å². The molecule has 1 amide bonds. The number of hydrogen-bond acceptors (Lipinski definition) is 4. The molecule has 0 saturated carbocycles. The minimum Gasteiger partial charge on any atom is -0.419 e. The lowest BCUT2D eigenvalue weighted by Crippen LogP contribution is -2.43. The Morgan fingerprint density at radius 3 is 3.00 bits per heavy atom. The molecule has 58 valence electrons. The Hall–Kier alpha value is -1.07. The minimum absolute atomic E-state index is 0.327. The lowest BCUT2D eigenvalue weighted by atomic mass is 10.6. The van der Waals surface area contributed by atoms with E-state index in [4.69, 9.17) is 10.8 Å². The minimum atomic E-state index is -0.785. The van der Waals surface area contributed by atoms with Gasteiger partial charge >= 0.3 is 6.09 Å². The van der Waals surface area contributed by atoms with E-state index in [-0.39, 0.29) is 6.61 Å². The standard InChI is InChI=1S/C5H10N2O3/c1-2-10-5(9)7-4(6)3-8/h2,4,8H,1,3,6H2,(H,7,9). The number of nitrogens with one attached hydrogen (secondary N) is 1. The summed E-state index contributed by atoms with van der Waals surface area (Å²) in [4.78, 5) is 10.4. The highest BCUT2D eigenvalue weighted by atomic mass is 16.5. The van der Waals surface area contributed by atoms with Crippen LogP contribution in [0, 0.1) is 0 Å². The van der Waals surface area contributed by atoms with Crippen molar-refractivity contribution in [2.45, 2.75) is 6.17 Å². The molecule has 1 unspecified atom stereocenters. The number of rotatable bonds is 3. The van der Waals surface area contributed by atoms with E-state index in [1.807, 2.05) is 0 Å². The Morgan fingerprint density at radius 2 is 2.60 bits per heavy atom. The molecule has 0 aromatic carbocycles. The molecular formula is C5H10N2O3. The topological polar surface area (TPSA) is 84.6 Å². The molecule has 0 radical (unpaired) electrons. The summed E-state index contributed by atoms with van der Waals surface area (Å²) in [5, 5.41) is 10.5. The molecule has 5 heteroatoms. The van der Waals surface area contributed by atoms with Crippen molar-refractivity contribution in [2.24, 2.45) is 5.73 Å². The molecule has 0 aromatic heterocycles. The molecule has 0 spiro atoms. The van der Waals surface area contributed by atoms with E-state index < -0.39 is 12.3 Å². The van der Waals surface area contributed by atoms with Gasteiger partial charge in [0.25, 0.3) is 0 Å². The third-order valence-corrected chi connectivity index (χ3v) is 0.690. The van der Waals surface area contributed by atoms with Crippen LogP contribution in [0.25, 0.3) is 0 Å². The molecule has 0 aliphatic heterocycles. The van der Waals surface area contributed by atoms with Crippen LogP contribution in [-0.2, 0) is 4.74 Å². The monoisotopic (exact) mass is 146 g/mol. The Morgan fingerprint density at radius 1 is 2.00 bits per heavy atom. The summed E-state index contributed by atoms with van der Waals surface area (Å²) in [6.45, 7) is 2.82. The Labute approximate surface area is 58.5 Å². The molecule has 0 aliphatic carbocycles. The van der Waals surface area contributed by atoms with Crippen LogP contribution in [0.3, 0.4) is 0 Å². The maximum absolute atomic E-state index is 10.4. The number of nitrogens with two attached hydrogens (primary N) is 1. The summed E-state index contributed by atoms with van der Waals surface area (Å²) < 4.78 is 4.24. The number of amides is 1. The molecule has 5 nitrogen and oxygen atoms in total. The lowest BCUT2D eigenvalue weighted by molar-refractivity contribution is 0.171. The third-order valence-electron chi connectivity index (χ3n) is 0.690. The van der Waals surface area contributed by atoms with Crippen molar-refractivity contribution in [1.29, 1.82) is 0 Å². The van der Waals surface area contributed by atoms with Crippen molar-refractivity contribution in [1.82, 2.24) is 5.32 Å². The van der Waals surface area contributed by atoms with Gasteiger partial charge in [-0.15, -0.1) is 0 Å². The van der Waals surface area contributed by atoms with E-state index in [9.17, 15) is 4.79 Å². The molecule has 10 heavy (non-hydrogen) atoms. The highest BCUT2D eigenvalue weighted by Crippen LogP contribution is 1.77. The number of hydrogen-bond donors (Lipinski definition) is 3. The highest BCUT2D eigenvalue weighted by molar-refractivity contribution is 5.68. The van der Waals surface area contributed by atoms with Gasteiger partial charge in [0.2, 0.25) is 0 Å². The van der Waals surface area contributed by atoms with Crippen molar-refractivity contribution in [3.8, 4) is 0 Å². The molecule has 4 N–H and O–H groups in total. The van der Waals surface area contributed by atoms with Gasteiger partial charge in [-0.3, -0.25) is 0 Å². The van der Waals surface area contributed by atoms with Crippen molar-refractivity contribution in [3.63, 3.8) is 0 Å². The molecular weight excluding hydrogens is 136 g/mol. The molecule has 0 heterocycles. The van der Waals surface area contributed by atoms with Crippen molar-refractivity contribution < 1.29 is 14.6 Å². The molecule has 0 aromatic rings. The first-order valence-corrected chi connectivity index (χ1v) is 2.65. The van der Waals surface area contributed by atoms with Crippen LogP contribution in [-0.4, -0.2) is 24.0 Å². The molecule has 0 saturated heterocycles. The van der Waals surface area contributed by atoms with Gasteiger partial charge in [0, 0.05) is 0 Å². The number of carbonyl (C=O) groups is 1. The van der Waals surface area contributed by atoms with Gasteiger partial charge in [0.1, 0.15) is 6.17 Å². The third kappa shape index (κ3) is 3.88. The Kier molecular flexibility index (Phi) is 4.26. The maximum atomic E-state index is 10.4. The van der Waals surface area contributed by atoms with Crippen LogP contribution in [0.1, 0.15) is 0 Å². The van der Waals surface area contributed by atoms with E-state index in [0.29, 0.717) is 0 Å². The number of ether oxygens (including phenoxy) is 1. The second-order valence-electron chi connectivity index (χ2n) is 1.51. The van der Waals surface area contributed by atoms with E-state index >= 15 is 0 Å². The van der Waals surface area contributed by atoms with Gasteiger partial charge in [-0.2, -0.15) is 0 Å². The Bertz CT molecular complexity index is 126. The maximum Gasteiger partial charge on any atom is 0.413 e. The Balaban J connectivity index is 3.46. The average molecular weight is 146 g/mol. The fraction of sp³-hybridized carbons (Fsp3) is 0.400. The van der Waals surface area contributed by atoms with Crippen molar-refractivity contribution >= 4 is 6.09 Å². The van der Waals surface area contributed by atoms with Crippen LogP contribution < -0.4 is 11.1 Å². The van der Waals surface area contributed by atoms with Crippen LogP contribution in [0.5, 0.6) is 0 Å². The number of aliphatic hydroxyl groups is 1. The number of alkyl carbamates (subject to hydrolysis) is 1. The molecule has 1 atom stereocenters. The van der Waals surface area contributed by atoms with Crippen LogP contribution >= 0.6 is 0 Å². The first-order valence-electron chi connectivity index (χ1n) is 2.65. The number of aliphatic hydroxyl groups excluding tert-OH is 1. The summed E-state index contributed by atoms with van der Waals surface area (Å²) in [5.41, 5.74) is 5.11. The van der Waals surface area contributed by atoms with E-state index in [2.05, 4.69) is 16.6 Å². The van der Waals surface area contributed by atoms with Crippen LogP contribution in [0.4, 0.5) is 4.79 Å². The SMILES string of the molecule is C=COC(=O)NC(N)CO. The first kappa shape index (κ1) is 8.93. The second-order valence-corrected chi connectivity index (χ2v) is 1.51. The fourth-order valence-electron chi connectivity index (χ4n) is 0.307. The van der Waals surface area contributed by atoms with Crippen LogP contribution in [0.15, 0.2) is 12.8 Å². The quantitative estimate of drug-likeness (QED) is 0.357. The summed E-state index contributed by atoms with van der Waals surface area (Å²) in [5.74, 6) is 0. The molecule has 0 fully saturated rings. The van der Waals surface area contributed by atoms with Crippen molar-refractivity contribution in [3.05, 3.63) is 12.8 Å². The van der Waals surface area contributed by atoms with Gasteiger partial charge < -0.3 is 20.9 Å². The van der Waals surface area contributed by atoms with Gasteiger partial charge in [0.05, 0.1) is 12.9 Å². The van der Waals surface area contributed by atoms with Crippen molar-refractivity contribution in [2.75, 3.05) is 6.61 Å². The summed E-state index contributed by atoms with van der Waals surface area (Å²) in [6.07, 6.45) is -0.539. The smallest absolute Gasteiger partial charge is 0.413 e. The zero-order valence-electron chi connectivity index (χ0n) is 5.41. The normalized spacial score (nSPS) is 11.8. The van der Waals surface area contributed by atoms with Gasteiger partial charge in [-0.25, -0.2) is 4.79 Å². The highest BCUT2D eigenvalue weighted by Gasteiger charge is 2.04. The van der Waals surface area contributed by atoms with Gasteiger partial charge in [-0.05, 0) is 0 Å². The molecule has 0 rings (SSSR count). The average Bonchev–Trinajstić information content (AvgIpc) is 1.88. The molecule has 0 bridgehead atoms. The molecule has 0 aliphatic rings. The number of carbonyl (C=O) groups excluding carboxylic acids is 1. The van der Waals surface area contributed by atoms with Crippen LogP contribution in [0.2, 0.25) is 0 Å². The zero-order chi connectivity index (χ0) is 7.98. The van der Waals surface area contributed by atoms with E-state index in [1.165, 1.54) is 0 Å². The summed E-state index contributed by atoms with van der Waals surface area (Å²) >= 11 is 0. The second kappa shape index (κ2) is 4.78. The fourth-order valence-corrected chi connectivity index (χ4v) is 0.307. The lowest BCUT2D eigenvalue weighted by Gasteiger charge is -2.08. The summed E-state index contributed by atoms with van der Waals surface area (Å²) in [6, 6.07) is 0.